The quantitative estimate of drug-likeness (QED) is 0.0417. The lowest BCUT2D eigenvalue weighted by atomic mass is 10.0. The van der Waals surface area contributed by atoms with Crippen molar-refractivity contribution in [2.75, 3.05) is 27.7 Å². The van der Waals surface area contributed by atoms with Crippen LogP contribution in [0.15, 0.2) is 61.7 Å². The normalized spacial score (nSPS) is 18.8. The minimum atomic E-state index is -0.506. The highest BCUT2D eigenvalue weighted by Gasteiger charge is 2.25. The molecule has 1 aromatic rings. The number of likely N-dealkylation sites (N-methyl/N-ethyl adjacent to an activating group) is 1. The number of aldehydes is 1. The first-order valence-corrected chi connectivity index (χ1v) is 21.9. The van der Waals surface area contributed by atoms with E-state index in [9.17, 15) is 14.4 Å². The Morgan fingerprint density at radius 3 is 2.27 bits per heavy atom. The van der Waals surface area contributed by atoms with Crippen LogP contribution in [0.4, 0.5) is 0 Å². The number of likely N-dealkylation sites (tertiary alicyclic amines) is 1. The molecule has 1 saturated carbocycles. The first kappa shape index (κ1) is 50.0. The van der Waals surface area contributed by atoms with Gasteiger partial charge in [0.1, 0.15) is 12.3 Å². The van der Waals surface area contributed by atoms with Gasteiger partial charge in [0.15, 0.2) is 0 Å². The van der Waals surface area contributed by atoms with Gasteiger partial charge in [-0.2, -0.15) is 0 Å². The molecule has 2 fully saturated rings. The van der Waals surface area contributed by atoms with E-state index >= 15 is 0 Å². The number of fused-ring (bicyclic) bond motifs is 1. The number of hydrogen-bond donors (Lipinski definition) is 3. The molecule has 0 bridgehead atoms. The molecule has 1 aromatic carbocycles. The van der Waals surface area contributed by atoms with Crippen molar-refractivity contribution in [2.45, 2.75) is 154 Å². The smallest absolute Gasteiger partial charge is 0.252 e. The van der Waals surface area contributed by atoms with Crippen LogP contribution in [-0.4, -0.2) is 79.5 Å². The summed E-state index contributed by atoms with van der Waals surface area (Å²) in [5.41, 5.74) is 4.43. The maximum Gasteiger partial charge on any atom is 0.252 e. The second-order valence-electron chi connectivity index (χ2n) is 14.9. The first-order chi connectivity index (χ1) is 26.8. The van der Waals surface area contributed by atoms with Crippen LogP contribution in [0.2, 0.25) is 0 Å². The van der Waals surface area contributed by atoms with E-state index in [0.717, 1.165) is 82.7 Å². The van der Waals surface area contributed by atoms with E-state index < -0.39 is 6.04 Å². The number of allylic oxidation sites excluding steroid dienone is 4. The predicted octanol–water partition coefficient (Wildman–Crippen LogP) is 9.42. The number of nitrogens with zero attached hydrogens (tertiary/aromatic N) is 2. The zero-order valence-corrected chi connectivity index (χ0v) is 36.2. The van der Waals surface area contributed by atoms with Crippen LogP contribution in [-0.2, 0) is 27.5 Å². The fourth-order valence-electron chi connectivity index (χ4n) is 6.60. The monoisotopic (exact) mass is 780 g/mol. The molecule has 3 aliphatic rings. The largest absolute Gasteiger partial charge is 0.347 e. The highest BCUT2D eigenvalue weighted by Crippen LogP contribution is 2.32. The van der Waals surface area contributed by atoms with Gasteiger partial charge in [0, 0.05) is 30.9 Å². The minimum Gasteiger partial charge on any atom is -0.347 e. The number of carbonyl (C=O) groups is 3. The van der Waals surface area contributed by atoms with Crippen molar-refractivity contribution in [1.82, 2.24) is 25.2 Å². The number of rotatable bonds is 24. The Balaban J connectivity index is 0.000000432. The summed E-state index contributed by atoms with van der Waals surface area (Å²) in [5.74, 6) is 0.730. The van der Waals surface area contributed by atoms with Gasteiger partial charge in [-0.15, -0.1) is 13.2 Å². The number of amides is 2. The van der Waals surface area contributed by atoms with Crippen molar-refractivity contribution < 1.29 is 14.4 Å². The molecule has 4 rings (SSSR count). The maximum atomic E-state index is 12.0. The molecule has 0 spiro atoms. The molecular formula is C46H77N5O3S. The van der Waals surface area contributed by atoms with Gasteiger partial charge in [0.25, 0.3) is 5.91 Å². The molecule has 0 aromatic heterocycles. The highest BCUT2D eigenvalue weighted by atomic mass is 32.2. The molecule has 4 atom stereocenters. The van der Waals surface area contributed by atoms with Crippen LogP contribution in [0, 0.1) is 5.92 Å². The molecule has 0 radical (unpaired) electrons. The summed E-state index contributed by atoms with van der Waals surface area (Å²) in [5, 5.41) is 6.07. The average molecular weight is 780 g/mol. The summed E-state index contributed by atoms with van der Waals surface area (Å²) in [7, 11) is 6.19. The zero-order valence-electron chi connectivity index (χ0n) is 35.4. The Hall–Kier alpha value is -2.98. The van der Waals surface area contributed by atoms with E-state index in [2.05, 4.69) is 95.8 Å². The molecule has 1 aliphatic carbocycles. The Morgan fingerprint density at radius 2 is 1.65 bits per heavy atom. The van der Waals surface area contributed by atoms with E-state index in [1.54, 1.807) is 7.05 Å². The summed E-state index contributed by atoms with van der Waals surface area (Å²) in [6, 6.07) is 6.92. The third kappa shape index (κ3) is 23.0. The van der Waals surface area contributed by atoms with Crippen molar-refractivity contribution in [3.63, 3.8) is 0 Å². The first-order valence-electron chi connectivity index (χ1n) is 21.1. The summed E-state index contributed by atoms with van der Waals surface area (Å²) in [4.78, 5) is 38.1. The van der Waals surface area contributed by atoms with Crippen LogP contribution in [0.5, 0.6) is 0 Å². The third-order valence-corrected chi connectivity index (χ3v) is 11.2. The molecule has 9 heteroatoms. The van der Waals surface area contributed by atoms with Crippen LogP contribution in [0.25, 0.3) is 6.08 Å². The molecule has 310 valence electrons. The fourth-order valence-corrected chi connectivity index (χ4v) is 7.40. The van der Waals surface area contributed by atoms with E-state index in [4.69, 9.17) is 0 Å². The molecule has 2 amide bonds. The Labute approximate surface area is 340 Å². The van der Waals surface area contributed by atoms with Crippen LogP contribution >= 0.6 is 11.9 Å². The topological polar surface area (TPSA) is 93.8 Å². The van der Waals surface area contributed by atoms with Crippen molar-refractivity contribution in [3.8, 4) is 0 Å². The Morgan fingerprint density at radius 1 is 0.945 bits per heavy atom. The molecule has 1 saturated heterocycles. The van der Waals surface area contributed by atoms with Crippen LogP contribution in [0.1, 0.15) is 134 Å². The average Bonchev–Trinajstić information content (AvgIpc) is 3.86. The summed E-state index contributed by atoms with van der Waals surface area (Å²) in [6.45, 7) is 17.3. The fraction of sp³-hybridized carbons (Fsp3) is 0.630. The molecule has 2 heterocycles. The number of benzene rings is 1. The van der Waals surface area contributed by atoms with Gasteiger partial charge in [-0.05, 0) is 140 Å². The van der Waals surface area contributed by atoms with Crippen molar-refractivity contribution in [3.05, 3.63) is 78.4 Å². The van der Waals surface area contributed by atoms with E-state index in [1.165, 1.54) is 73.7 Å². The van der Waals surface area contributed by atoms with Gasteiger partial charge in [-0.3, -0.25) is 19.2 Å². The van der Waals surface area contributed by atoms with Gasteiger partial charge < -0.3 is 20.3 Å². The molecular weight excluding hydrogens is 703 g/mol. The number of nitrogens with one attached hydrogen (secondary N) is 3. The summed E-state index contributed by atoms with van der Waals surface area (Å²) >= 11 is 1.45. The Kier molecular flexibility index (Phi) is 29.2. The SMILES string of the molecule is C=CCCCCC/C=C/c1cccc2c1CN(C)C2.C=CC[C@@H]1CC(C)N(C)C1.CC.CN[C@H](C=O)CCCCC/C=C\CC(NC=O)C(=O)NSC1CC1. The van der Waals surface area contributed by atoms with E-state index in [1.807, 2.05) is 32.1 Å². The van der Waals surface area contributed by atoms with Gasteiger partial charge in [0.05, 0.1) is 6.04 Å². The maximum absolute atomic E-state index is 12.0. The highest BCUT2D eigenvalue weighted by molar-refractivity contribution is 7.98. The lowest BCUT2D eigenvalue weighted by Crippen LogP contribution is -2.41. The second kappa shape index (κ2) is 32.1. The standard InChI is InChI=1S/C18H25N.C17H29N3O3S.C9H17N.C2H6/c1-3-4-5-6-7-8-9-11-16-12-10-13-17-14-19(2)15-18(16)17;1-18-14(12-21)8-6-4-2-3-5-7-9-16(19-13-22)17(23)20-24-15-10-11-15;1-4-5-9-6-8(2)10(3)7-9;1-2/h3,9-13H,1,4-8,14-15H2,2H3;5,7,12-16,18H,2-4,6,8-11H2,1H3,(H,19,22)(H,20,23);4,8-9H,1,5-7H2,2-3H3;1-2H3/b11-9+;7-5-;;/t;14-,16?;8?,9-;/m.01./s1. The molecule has 8 nitrogen and oxygen atoms in total. The van der Waals surface area contributed by atoms with Gasteiger partial charge in [0.2, 0.25) is 6.41 Å². The van der Waals surface area contributed by atoms with E-state index in [-0.39, 0.29) is 11.9 Å². The molecule has 2 aliphatic heterocycles. The Bertz CT molecular complexity index is 1260. The summed E-state index contributed by atoms with van der Waals surface area (Å²) < 4.78 is 2.81. The number of hydrogen-bond acceptors (Lipinski definition) is 7. The summed E-state index contributed by atoms with van der Waals surface area (Å²) in [6.07, 6.45) is 30.8. The molecule has 2 unspecified atom stereocenters. The van der Waals surface area contributed by atoms with E-state index in [0.29, 0.717) is 18.1 Å². The second-order valence-corrected chi connectivity index (χ2v) is 16.0. The van der Waals surface area contributed by atoms with Crippen molar-refractivity contribution >= 4 is 36.6 Å². The van der Waals surface area contributed by atoms with Gasteiger partial charge in [-0.25, -0.2) is 0 Å². The van der Waals surface area contributed by atoms with Gasteiger partial charge >= 0.3 is 0 Å². The molecule has 55 heavy (non-hydrogen) atoms. The lowest BCUT2D eigenvalue weighted by molar-refractivity contribution is -0.123. The predicted molar refractivity (Wildman–Crippen MR) is 238 cm³/mol. The van der Waals surface area contributed by atoms with Crippen LogP contribution < -0.4 is 15.4 Å². The van der Waals surface area contributed by atoms with Crippen LogP contribution in [0.3, 0.4) is 0 Å². The number of carbonyl (C=O) groups excluding carboxylic acids is 3. The zero-order chi connectivity index (χ0) is 40.7. The van der Waals surface area contributed by atoms with Crippen molar-refractivity contribution in [2.24, 2.45) is 5.92 Å². The van der Waals surface area contributed by atoms with Crippen molar-refractivity contribution in [1.29, 1.82) is 0 Å². The third-order valence-electron chi connectivity index (χ3n) is 10.1. The van der Waals surface area contributed by atoms with Gasteiger partial charge in [-0.1, -0.05) is 87.8 Å². The number of unbranched alkanes of at least 4 members (excludes halogenated alkanes) is 7. The minimum absolute atomic E-state index is 0.0391. The molecule has 3 N–H and O–H groups in total. The lowest BCUT2D eigenvalue weighted by Gasteiger charge is -2.13.